The molecule has 1 saturated heterocycles. The number of anilines is 2. The Bertz CT molecular complexity index is 1940. The van der Waals surface area contributed by atoms with Gasteiger partial charge in [-0.1, -0.05) is 57.9 Å². The Hall–Kier alpha value is -4.77. The van der Waals surface area contributed by atoms with Gasteiger partial charge in [-0.05, 0) is 105 Å². The van der Waals surface area contributed by atoms with E-state index in [1.54, 1.807) is 0 Å². The maximum Gasteiger partial charge on any atom is 0.247 e. The molecular weight excluding hydrogens is 677 g/mol. The fraction of sp³-hybridized carbons (Fsp3) is 0.512. The molecule has 11 nitrogen and oxygen atoms in total. The van der Waals surface area contributed by atoms with Crippen LogP contribution in [0.5, 0.6) is 11.5 Å². The molecule has 2 aromatic carbocycles. The molecule has 4 aromatic rings. The van der Waals surface area contributed by atoms with E-state index in [4.69, 9.17) is 15.6 Å². The molecule has 3 aliphatic rings. The van der Waals surface area contributed by atoms with Crippen LogP contribution in [0.2, 0.25) is 0 Å². The number of nitrogens with zero attached hydrogens (tertiary/aromatic N) is 5. The number of nitrogens with two attached hydrogens (primary N) is 1. The van der Waals surface area contributed by atoms with Crippen LogP contribution in [0.4, 0.5) is 11.5 Å². The van der Waals surface area contributed by atoms with Crippen LogP contribution in [0.25, 0.3) is 22.3 Å². The predicted octanol–water partition coefficient (Wildman–Crippen LogP) is 8.16. The molecule has 3 heterocycles. The number of nitrogen functional groups attached to an aromatic ring is 1. The molecule has 11 heteroatoms. The number of amides is 2. The van der Waals surface area contributed by atoms with Gasteiger partial charge < -0.3 is 26.0 Å². The SMILES string of the molecule is C=CC(=O)Nc1cc(-c2nn(C3CCN(CCNC(=O)[C@H](C)CCC45CCCC(CC(CC)C4)C5)CC3)c3ncnc(N)c23)ccc1Oc1ccccc1. The van der Waals surface area contributed by atoms with Crippen LogP contribution < -0.4 is 21.1 Å². The number of para-hydroxylation sites is 1. The van der Waals surface area contributed by atoms with E-state index >= 15 is 0 Å². The third kappa shape index (κ3) is 8.46. The molecule has 7 rings (SSSR count). The fourth-order valence-corrected chi connectivity index (χ4v) is 9.44. The monoisotopic (exact) mass is 732 g/mol. The van der Waals surface area contributed by atoms with Crippen LogP contribution in [0, 0.1) is 23.2 Å². The van der Waals surface area contributed by atoms with Crippen molar-refractivity contribution < 1.29 is 14.3 Å². The minimum Gasteiger partial charge on any atom is -0.455 e. The minimum atomic E-state index is -0.356. The maximum atomic E-state index is 13.2. The Balaban J connectivity index is 0.968. The average Bonchev–Trinajstić information content (AvgIpc) is 3.59. The fourth-order valence-electron chi connectivity index (χ4n) is 9.44. The first-order valence-electron chi connectivity index (χ1n) is 20.0. The highest BCUT2D eigenvalue weighted by molar-refractivity contribution is 6.02. The van der Waals surface area contributed by atoms with Gasteiger partial charge in [-0.3, -0.25) is 9.59 Å². The van der Waals surface area contributed by atoms with Crippen LogP contribution in [0.15, 0.2) is 67.5 Å². The maximum absolute atomic E-state index is 13.2. The summed E-state index contributed by atoms with van der Waals surface area (Å²) < 4.78 is 8.11. The van der Waals surface area contributed by atoms with E-state index in [1.165, 1.54) is 63.8 Å². The summed E-state index contributed by atoms with van der Waals surface area (Å²) in [7, 11) is 0. The van der Waals surface area contributed by atoms with E-state index in [0.717, 1.165) is 56.3 Å². The van der Waals surface area contributed by atoms with Gasteiger partial charge in [0.05, 0.1) is 17.1 Å². The largest absolute Gasteiger partial charge is 0.455 e. The first-order valence-corrected chi connectivity index (χ1v) is 20.0. The summed E-state index contributed by atoms with van der Waals surface area (Å²) in [5, 5.41) is 11.9. The van der Waals surface area contributed by atoms with Crippen LogP contribution in [0.1, 0.15) is 90.5 Å². The molecule has 3 fully saturated rings. The van der Waals surface area contributed by atoms with E-state index in [-0.39, 0.29) is 23.8 Å². The van der Waals surface area contributed by atoms with Crippen molar-refractivity contribution in [1.82, 2.24) is 30.0 Å². The van der Waals surface area contributed by atoms with Crippen molar-refractivity contribution in [1.29, 1.82) is 0 Å². The highest BCUT2D eigenvalue weighted by Gasteiger charge is 2.42. The summed E-state index contributed by atoms with van der Waals surface area (Å²) in [6, 6.07) is 15.1. The van der Waals surface area contributed by atoms with Crippen molar-refractivity contribution in [3.8, 4) is 22.8 Å². The predicted molar refractivity (Wildman–Crippen MR) is 214 cm³/mol. The van der Waals surface area contributed by atoms with Crippen molar-refractivity contribution in [2.45, 2.75) is 90.5 Å². The summed E-state index contributed by atoms with van der Waals surface area (Å²) in [6.45, 7) is 11.3. The Kier molecular flexibility index (Phi) is 11.6. The molecule has 2 aromatic heterocycles. The molecule has 2 amide bonds. The second-order valence-corrected chi connectivity index (χ2v) is 16.1. The zero-order chi connectivity index (χ0) is 37.7. The number of likely N-dealkylation sites (tertiary alicyclic amines) is 1. The van der Waals surface area contributed by atoms with Crippen LogP contribution in [-0.2, 0) is 9.59 Å². The van der Waals surface area contributed by atoms with E-state index in [9.17, 15) is 9.59 Å². The Labute approximate surface area is 319 Å². The second-order valence-electron chi connectivity index (χ2n) is 16.1. The summed E-state index contributed by atoms with van der Waals surface area (Å²) in [4.78, 5) is 36.9. The number of hydrogen-bond donors (Lipinski definition) is 3. The van der Waals surface area contributed by atoms with Gasteiger partial charge in [0.25, 0.3) is 0 Å². The molecule has 4 N–H and O–H groups in total. The number of benzene rings is 2. The molecule has 286 valence electrons. The van der Waals surface area contributed by atoms with Gasteiger partial charge in [-0.2, -0.15) is 5.10 Å². The number of ether oxygens (including phenoxy) is 1. The van der Waals surface area contributed by atoms with Crippen molar-refractivity contribution in [3.63, 3.8) is 0 Å². The standard InChI is InChI=1S/C43H56N8O3/c1-4-30-24-31-10-9-18-43(26-30,27-31)19-15-29(3)42(53)45-20-23-50-21-16-33(17-22-50)51-41-38(40(44)46-28-47-41)39(49-51)32-13-14-36(35(25-32)48-37(52)5-2)54-34-11-7-6-8-12-34/h5-8,11-14,25,28-31,33H,2,4,9-10,15-24,26-27H2,1,3H3,(H,45,53)(H,48,52)(H2,44,46,47)/t29-,30?,31?,43?/m1/s1. The van der Waals surface area contributed by atoms with Crippen LogP contribution >= 0.6 is 0 Å². The molecule has 0 spiro atoms. The van der Waals surface area contributed by atoms with Crippen molar-refractivity contribution >= 4 is 34.4 Å². The zero-order valence-electron chi connectivity index (χ0n) is 31.9. The minimum absolute atomic E-state index is 0.0473. The molecule has 0 radical (unpaired) electrons. The van der Waals surface area contributed by atoms with Crippen LogP contribution in [-0.4, -0.2) is 62.6 Å². The van der Waals surface area contributed by atoms with Crippen LogP contribution in [0.3, 0.4) is 0 Å². The molecule has 2 bridgehead atoms. The first-order chi connectivity index (χ1) is 26.2. The Morgan fingerprint density at radius 1 is 1.11 bits per heavy atom. The number of hydrogen-bond acceptors (Lipinski definition) is 8. The van der Waals surface area contributed by atoms with Crippen molar-refractivity contribution in [2.24, 2.45) is 23.2 Å². The van der Waals surface area contributed by atoms with Gasteiger partial charge in [0.15, 0.2) is 11.4 Å². The molecule has 2 saturated carbocycles. The highest BCUT2D eigenvalue weighted by atomic mass is 16.5. The number of aromatic nitrogens is 4. The lowest BCUT2D eigenvalue weighted by Gasteiger charge is -2.49. The van der Waals surface area contributed by atoms with Gasteiger partial charge in [0.2, 0.25) is 11.8 Å². The number of carbonyl (C=O) groups excluding carboxylic acids is 2. The van der Waals surface area contributed by atoms with E-state index in [1.807, 2.05) is 53.2 Å². The Morgan fingerprint density at radius 3 is 2.70 bits per heavy atom. The van der Waals surface area contributed by atoms with Gasteiger partial charge >= 0.3 is 0 Å². The number of piperidine rings is 1. The number of carbonyl (C=O) groups is 2. The van der Waals surface area contributed by atoms with E-state index in [0.29, 0.717) is 51.7 Å². The first kappa shape index (κ1) is 37.5. The zero-order valence-corrected chi connectivity index (χ0v) is 31.9. The molecule has 54 heavy (non-hydrogen) atoms. The highest BCUT2D eigenvalue weighted by Crippen LogP contribution is 2.54. The van der Waals surface area contributed by atoms with Gasteiger partial charge in [-0.25, -0.2) is 14.6 Å². The third-order valence-corrected chi connectivity index (χ3v) is 12.4. The van der Waals surface area contributed by atoms with Gasteiger partial charge in [-0.15, -0.1) is 0 Å². The quantitative estimate of drug-likeness (QED) is 0.110. The molecule has 1 aliphatic heterocycles. The number of nitrogens with one attached hydrogen (secondary N) is 2. The molecule has 2 aliphatic carbocycles. The van der Waals surface area contributed by atoms with Gasteiger partial charge in [0.1, 0.15) is 23.6 Å². The van der Waals surface area contributed by atoms with Gasteiger partial charge in [0, 0.05) is 37.7 Å². The molecular formula is C43H56N8O3. The van der Waals surface area contributed by atoms with Crippen molar-refractivity contribution in [2.75, 3.05) is 37.2 Å². The smallest absolute Gasteiger partial charge is 0.247 e. The van der Waals surface area contributed by atoms with Crippen molar-refractivity contribution in [3.05, 3.63) is 67.5 Å². The summed E-state index contributed by atoms with van der Waals surface area (Å²) >= 11 is 0. The second kappa shape index (κ2) is 16.7. The lowest BCUT2D eigenvalue weighted by Crippen LogP contribution is -2.41. The summed E-state index contributed by atoms with van der Waals surface area (Å²) in [6.07, 6.45) is 16.3. The molecule has 4 atom stereocenters. The van der Waals surface area contributed by atoms with E-state index in [2.05, 4.69) is 45.9 Å². The summed E-state index contributed by atoms with van der Waals surface area (Å²) in [5.74, 6) is 3.14. The molecule has 3 unspecified atom stereocenters. The Morgan fingerprint density at radius 2 is 1.93 bits per heavy atom. The number of fused-ring (bicyclic) bond motifs is 3. The normalized spacial score (nSPS) is 22.4. The topological polar surface area (TPSA) is 140 Å². The van der Waals surface area contributed by atoms with E-state index < -0.39 is 0 Å². The third-order valence-electron chi connectivity index (χ3n) is 12.4. The lowest BCUT2D eigenvalue weighted by molar-refractivity contribution is -0.125. The summed E-state index contributed by atoms with van der Waals surface area (Å²) in [5.41, 5.74) is 9.49. The number of rotatable bonds is 14. The lowest BCUT2D eigenvalue weighted by atomic mass is 9.57. The average molecular weight is 733 g/mol.